The van der Waals surface area contributed by atoms with Crippen LogP contribution in [0.15, 0.2) is 66.7 Å². The van der Waals surface area contributed by atoms with Gasteiger partial charge in [-0.3, -0.25) is 4.79 Å². The van der Waals surface area contributed by atoms with Gasteiger partial charge in [-0.15, -0.1) is 0 Å². The molecule has 4 nitrogen and oxygen atoms in total. The van der Waals surface area contributed by atoms with E-state index in [2.05, 4.69) is 37.8 Å². The van der Waals surface area contributed by atoms with Crippen molar-refractivity contribution in [3.8, 4) is 11.8 Å². The number of hydrogen-bond donors (Lipinski definition) is 0. The van der Waals surface area contributed by atoms with E-state index in [1.54, 1.807) is 17.0 Å². The molecular formula is C33H35FNO3-. The molecule has 38 heavy (non-hydrogen) atoms. The molecule has 0 aliphatic rings. The van der Waals surface area contributed by atoms with E-state index in [0.29, 0.717) is 17.7 Å². The predicted molar refractivity (Wildman–Crippen MR) is 147 cm³/mol. The molecule has 0 aromatic heterocycles. The molecule has 0 spiro atoms. The van der Waals surface area contributed by atoms with E-state index >= 15 is 0 Å². The number of carbonyl (C=O) groups excluding carboxylic acids is 2. The van der Waals surface area contributed by atoms with Gasteiger partial charge >= 0.3 is 0 Å². The summed E-state index contributed by atoms with van der Waals surface area (Å²) < 4.78 is 13.8. The summed E-state index contributed by atoms with van der Waals surface area (Å²) in [7, 11) is 0. The third kappa shape index (κ3) is 8.59. The van der Waals surface area contributed by atoms with Crippen LogP contribution >= 0.6 is 0 Å². The topological polar surface area (TPSA) is 60.4 Å². The number of carboxylic acid groups (broad SMARTS) is 1. The second-order valence-corrected chi connectivity index (χ2v) is 9.52. The fraction of sp³-hybridized carbons (Fsp3) is 0.333. The van der Waals surface area contributed by atoms with Gasteiger partial charge in [-0.05, 0) is 78.9 Å². The van der Waals surface area contributed by atoms with Gasteiger partial charge in [-0.1, -0.05) is 69.6 Å². The highest BCUT2D eigenvalue weighted by molar-refractivity contribution is 5.94. The maximum atomic E-state index is 13.8. The lowest BCUT2D eigenvalue weighted by Crippen LogP contribution is -2.32. The van der Waals surface area contributed by atoms with Crippen LogP contribution < -0.4 is 5.11 Å². The summed E-state index contributed by atoms with van der Waals surface area (Å²) in [6.45, 7) is 5.01. The number of amides is 1. The van der Waals surface area contributed by atoms with Gasteiger partial charge in [0.2, 0.25) is 0 Å². The Morgan fingerprint density at radius 2 is 1.39 bits per heavy atom. The zero-order chi connectivity index (χ0) is 27.3. The number of unbranched alkanes of at least 4 members (excludes halogenated alkanes) is 4. The molecule has 3 aromatic rings. The van der Waals surface area contributed by atoms with Crippen molar-refractivity contribution in [2.24, 2.45) is 0 Å². The van der Waals surface area contributed by atoms with Gasteiger partial charge in [0.15, 0.2) is 0 Å². The van der Waals surface area contributed by atoms with E-state index in [1.165, 1.54) is 30.5 Å². The molecule has 0 aliphatic heterocycles. The van der Waals surface area contributed by atoms with Gasteiger partial charge in [0.05, 0.1) is 5.97 Å². The van der Waals surface area contributed by atoms with E-state index in [1.807, 2.05) is 24.3 Å². The second kappa shape index (κ2) is 14.7. The number of aryl methyl sites for hydroxylation is 1. The van der Waals surface area contributed by atoms with Crippen molar-refractivity contribution >= 4 is 11.9 Å². The quantitative estimate of drug-likeness (QED) is 0.216. The highest BCUT2D eigenvalue weighted by Gasteiger charge is 2.17. The van der Waals surface area contributed by atoms with Crippen molar-refractivity contribution < 1.29 is 19.1 Å². The SMILES string of the molecule is CCCCCCN(Cc1ccc(F)c(C(=O)[O-])c1)C(=O)c1ccc(C#Cc2ccc(CCCC)cc2)cc1. The average Bonchev–Trinajstić information content (AvgIpc) is 2.93. The molecule has 198 valence electrons. The largest absolute Gasteiger partial charge is 0.545 e. The number of carbonyl (C=O) groups is 2. The van der Waals surface area contributed by atoms with E-state index < -0.39 is 17.3 Å². The normalized spacial score (nSPS) is 10.5. The fourth-order valence-corrected chi connectivity index (χ4v) is 4.19. The molecule has 3 aromatic carbocycles. The van der Waals surface area contributed by atoms with Crippen LogP contribution in [-0.2, 0) is 13.0 Å². The average molecular weight is 513 g/mol. The minimum absolute atomic E-state index is 0.164. The second-order valence-electron chi connectivity index (χ2n) is 9.52. The Kier molecular flexibility index (Phi) is 11.1. The van der Waals surface area contributed by atoms with E-state index in [4.69, 9.17) is 0 Å². The van der Waals surface area contributed by atoms with E-state index in [9.17, 15) is 19.1 Å². The Labute approximate surface area is 225 Å². The molecular weight excluding hydrogens is 477 g/mol. The van der Waals surface area contributed by atoms with Crippen molar-refractivity contribution in [2.75, 3.05) is 6.54 Å². The van der Waals surface area contributed by atoms with Gasteiger partial charge in [-0.25, -0.2) is 4.39 Å². The lowest BCUT2D eigenvalue weighted by Gasteiger charge is -2.23. The number of hydrogen-bond acceptors (Lipinski definition) is 3. The Bertz CT molecular complexity index is 1270. The monoisotopic (exact) mass is 512 g/mol. The standard InChI is InChI=1S/C33H36FNO3/c1-3-5-7-8-22-35(24-28-18-21-31(34)30(23-28)33(37)38)32(36)29-19-16-27(17-20-29)15-14-26-12-10-25(11-13-26)9-6-4-2/h10-13,16-21,23H,3-9,22,24H2,1-2H3,(H,37,38)/p-1. The summed E-state index contributed by atoms with van der Waals surface area (Å²) in [5.41, 5.74) is 3.63. The van der Waals surface area contributed by atoms with Crippen LogP contribution in [0.4, 0.5) is 4.39 Å². The molecule has 0 saturated heterocycles. The number of benzene rings is 3. The van der Waals surface area contributed by atoms with Crippen LogP contribution in [0.1, 0.15) is 95.3 Å². The summed E-state index contributed by atoms with van der Waals surface area (Å²) in [4.78, 5) is 26.3. The van der Waals surface area contributed by atoms with Crippen molar-refractivity contribution in [1.82, 2.24) is 4.90 Å². The number of halogens is 1. The van der Waals surface area contributed by atoms with Crippen molar-refractivity contribution in [3.05, 3.63) is 106 Å². The lowest BCUT2D eigenvalue weighted by atomic mass is 10.1. The number of nitrogens with zero attached hydrogens (tertiary/aromatic N) is 1. The highest BCUT2D eigenvalue weighted by atomic mass is 19.1. The molecule has 0 radical (unpaired) electrons. The van der Waals surface area contributed by atoms with Crippen LogP contribution in [0.3, 0.4) is 0 Å². The van der Waals surface area contributed by atoms with Gasteiger partial charge in [0.1, 0.15) is 5.82 Å². The molecule has 0 N–H and O–H groups in total. The molecule has 3 rings (SSSR count). The zero-order valence-electron chi connectivity index (χ0n) is 22.3. The molecule has 0 heterocycles. The smallest absolute Gasteiger partial charge is 0.254 e. The molecule has 0 bridgehead atoms. The van der Waals surface area contributed by atoms with Crippen molar-refractivity contribution in [1.29, 1.82) is 0 Å². The minimum Gasteiger partial charge on any atom is -0.545 e. The van der Waals surface area contributed by atoms with E-state index in [0.717, 1.165) is 49.3 Å². The first-order chi connectivity index (χ1) is 18.4. The van der Waals surface area contributed by atoms with Crippen LogP contribution in [-0.4, -0.2) is 23.3 Å². The maximum Gasteiger partial charge on any atom is 0.254 e. The third-order valence-corrected chi connectivity index (χ3v) is 6.45. The minimum atomic E-state index is -1.57. The van der Waals surface area contributed by atoms with Gasteiger partial charge in [0.25, 0.3) is 5.91 Å². The van der Waals surface area contributed by atoms with Crippen molar-refractivity contribution in [3.63, 3.8) is 0 Å². The first-order valence-corrected chi connectivity index (χ1v) is 13.4. The Balaban J connectivity index is 1.72. The molecule has 5 heteroatoms. The molecule has 0 atom stereocenters. The summed E-state index contributed by atoms with van der Waals surface area (Å²) in [5.74, 6) is 3.75. The molecule has 0 fully saturated rings. The lowest BCUT2D eigenvalue weighted by molar-refractivity contribution is -0.255. The molecule has 0 saturated carbocycles. The van der Waals surface area contributed by atoms with Crippen LogP contribution in [0.25, 0.3) is 0 Å². The summed E-state index contributed by atoms with van der Waals surface area (Å²) in [6.07, 6.45) is 7.39. The van der Waals surface area contributed by atoms with Crippen LogP contribution in [0.5, 0.6) is 0 Å². The third-order valence-electron chi connectivity index (χ3n) is 6.45. The Morgan fingerprint density at radius 1 is 0.789 bits per heavy atom. The molecule has 1 amide bonds. The summed E-state index contributed by atoms with van der Waals surface area (Å²) in [5, 5.41) is 11.2. The highest BCUT2D eigenvalue weighted by Crippen LogP contribution is 2.16. The fourth-order valence-electron chi connectivity index (χ4n) is 4.19. The van der Waals surface area contributed by atoms with Gasteiger partial charge < -0.3 is 14.8 Å². The maximum absolute atomic E-state index is 13.8. The Hall–Kier alpha value is -3.91. The summed E-state index contributed by atoms with van der Waals surface area (Å²) >= 11 is 0. The number of rotatable bonds is 12. The first kappa shape index (κ1) is 28.7. The molecule has 0 unspecified atom stereocenters. The number of aromatic carboxylic acids is 1. The summed E-state index contributed by atoms with van der Waals surface area (Å²) in [6, 6.07) is 19.3. The van der Waals surface area contributed by atoms with Crippen molar-refractivity contribution in [2.45, 2.75) is 65.3 Å². The Morgan fingerprint density at radius 3 is 2.00 bits per heavy atom. The molecule has 0 aliphatic carbocycles. The van der Waals surface area contributed by atoms with E-state index in [-0.39, 0.29) is 12.5 Å². The van der Waals surface area contributed by atoms with Gasteiger partial charge in [-0.2, -0.15) is 0 Å². The number of carboxylic acids is 1. The predicted octanol–water partition coefficient (Wildman–Crippen LogP) is 6.15. The zero-order valence-corrected chi connectivity index (χ0v) is 22.3. The first-order valence-electron chi connectivity index (χ1n) is 13.4. The van der Waals surface area contributed by atoms with Crippen LogP contribution in [0, 0.1) is 17.7 Å². The van der Waals surface area contributed by atoms with Crippen LogP contribution in [0.2, 0.25) is 0 Å². The van der Waals surface area contributed by atoms with Gasteiger partial charge in [0, 0.05) is 35.3 Å².